The number of benzene rings is 1. The van der Waals surface area contributed by atoms with Gasteiger partial charge in [-0.15, -0.1) is 5.23 Å². The van der Waals surface area contributed by atoms with E-state index in [1.54, 1.807) is 0 Å². The lowest BCUT2D eigenvalue weighted by atomic mass is 10.2. The van der Waals surface area contributed by atoms with E-state index in [0.29, 0.717) is 12.1 Å². The Balaban J connectivity index is 2.32. The molecule has 19 heavy (non-hydrogen) atoms. The molecule has 0 N–H and O–H groups in total. The molecule has 104 valence electrons. The third-order valence-corrected chi connectivity index (χ3v) is 4.62. The lowest BCUT2D eigenvalue weighted by Crippen LogP contribution is -2.29. The first-order valence-corrected chi connectivity index (χ1v) is 6.66. The first-order chi connectivity index (χ1) is 8.73. The Labute approximate surface area is 106 Å². The number of alkyl halides is 3. The van der Waals surface area contributed by atoms with Crippen LogP contribution in [-0.4, -0.2) is 25.2 Å². The minimum absolute atomic E-state index is 0.153. The van der Waals surface area contributed by atoms with Gasteiger partial charge in [-0.3, -0.25) is 0 Å². The zero-order valence-corrected chi connectivity index (χ0v) is 10.1. The molecule has 1 aromatic carbocycles. The predicted molar refractivity (Wildman–Crippen MR) is 58.5 cm³/mol. The Morgan fingerprint density at radius 3 is 2.21 bits per heavy atom. The fourth-order valence-electron chi connectivity index (χ4n) is 1.61. The monoisotopic (exact) mass is 296 g/mol. The largest absolute Gasteiger partial charge is 0.416 e. The summed E-state index contributed by atoms with van der Waals surface area (Å²) in [5, 5.41) is 1.41. The Kier molecular flexibility index (Phi) is 3.25. The van der Waals surface area contributed by atoms with Gasteiger partial charge in [0.25, 0.3) is 0 Å². The van der Waals surface area contributed by atoms with Crippen LogP contribution in [0.15, 0.2) is 34.3 Å². The van der Waals surface area contributed by atoms with Crippen molar-refractivity contribution in [2.45, 2.75) is 22.9 Å². The van der Waals surface area contributed by atoms with Crippen molar-refractivity contribution < 1.29 is 26.1 Å². The molecule has 0 saturated heterocycles. The highest BCUT2D eigenvalue weighted by atomic mass is 32.2. The highest BCUT2D eigenvalue weighted by Crippen LogP contribution is 2.31. The maximum Gasteiger partial charge on any atom is 0.416 e. The van der Waals surface area contributed by atoms with Gasteiger partial charge in [0, 0.05) is 12.6 Å². The number of nitrogens with zero attached hydrogens (tertiary/aromatic N) is 2. The average Bonchev–Trinajstić information content (AvgIpc) is 2.75. The normalized spacial score (nSPS) is 20.0. The minimum Gasteiger partial charge on any atom is -0.221 e. The van der Waals surface area contributed by atoms with Crippen LogP contribution >= 0.6 is 0 Å². The van der Waals surface area contributed by atoms with Crippen LogP contribution < -0.4 is 0 Å². The fraction of sp³-hybridized carbons (Fsp3) is 0.300. The van der Waals surface area contributed by atoms with Crippen LogP contribution in [0.5, 0.6) is 0 Å². The molecular weight excluding hydrogens is 288 g/mol. The zero-order chi connectivity index (χ0) is 14.3. The summed E-state index contributed by atoms with van der Waals surface area (Å²) in [6.45, 7) is 0. The van der Waals surface area contributed by atoms with Crippen molar-refractivity contribution in [2.75, 3.05) is 0 Å². The molecule has 2 rings (SSSR count). The molecule has 1 atom stereocenters. The molecule has 0 spiro atoms. The molecule has 1 aliphatic rings. The van der Waals surface area contributed by atoms with E-state index in [9.17, 15) is 26.1 Å². The van der Waals surface area contributed by atoms with Crippen LogP contribution in [0.2, 0.25) is 0 Å². The van der Waals surface area contributed by atoms with Crippen molar-refractivity contribution >= 4 is 16.1 Å². The van der Waals surface area contributed by atoms with Crippen molar-refractivity contribution in [3.05, 3.63) is 29.8 Å². The quantitative estimate of drug-likeness (QED) is 0.622. The third kappa shape index (κ3) is 2.55. The molecule has 1 aromatic rings. The maximum atomic E-state index is 13.1. The number of halogens is 4. The Hall–Kier alpha value is -1.64. The van der Waals surface area contributed by atoms with Crippen molar-refractivity contribution in [3.63, 3.8) is 0 Å². The van der Waals surface area contributed by atoms with Crippen molar-refractivity contribution in [1.29, 1.82) is 0 Å². The van der Waals surface area contributed by atoms with E-state index >= 15 is 0 Å². The summed E-state index contributed by atoms with van der Waals surface area (Å²) in [7, 11) is -4.09. The second-order valence-corrected chi connectivity index (χ2v) is 5.95. The van der Waals surface area contributed by atoms with Gasteiger partial charge in [-0.2, -0.15) is 18.3 Å². The third-order valence-electron chi connectivity index (χ3n) is 2.61. The molecule has 0 aromatic heterocycles. The van der Waals surface area contributed by atoms with Gasteiger partial charge in [0.2, 0.25) is 9.84 Å². The molecule has 0 amide bonds. The van der Waals surface area contributed by atoms with Gasteiger partial charge in [0.1, 0.15) is 0 Å². The molecule has 0 aliphatic carbocycles. The summed E-state index contributed by atoms with van der Waals surface area (Å²) >= 11 is 0. The second kappa shape index (κ2) is 4.48. The van der Waals surface area contributed by atoms with E-state index in [1.165, 1.54) is 0 Å². The van der Waals surface area contributed by atoms with Crippen molar-refractivity contribution in [2.24, 2.45) is 5.10 Å². The molecule has 4 nitrogen and oxygen atoms in total. The predicted octanol–water partition coefficient (Wildman–Crippen LogP) is 2.38. The van der Waals surface area contributed by atoms with E-state index in [2.05, 4.69) is 5.10 Å². The first kappa shape index (κ1) is 13.8. The van der Waals surface area contributed by atoms with Gasteiger partial charge in [-0.25, -0.2) is 8.42 Å². The standard InChI is InChI=1S/C10H8F4N2O2S/c11-10(12,13)7-1-3-8(4-2-7)19(17,18)9-5-6-15-16(9)14/h1-4,6,9H,5H2. The van der Waals surface area contributed by atoms with E-state index in [1.807, 2.05) is 0 Å². The van der Waals surface area contributed by atoms with Gasteiger partial charge in [0.05, 0.1) is 10.5 Å². The lowest BCUT2D eigenvalue weighted by Gasteiger charge is -2.15. The summed E-state index contributed by atoms with van der Waals surface area (Å²) < 4.78 is 74.1. The minimum atomic E-state index is -4.55. The zero-order valence-electron chi connectivity index (χ0n) is 9.30. The summed E-state index contributed by atoms with van der Waals surface area (Å²) in [4.78, 5) is -0.376. The summed E-state index contributed by atoms with van der Waals surface area (Å²) in [5.41, 5.74) is -0.966. The van der Waals surface area contributed by atoms with Crippen LogP contribution in [0.25, 0.3) is 0 Å². The number of sulfone groups is 1. The fourth-order valence-corrected chi connectivity index (χ4v) is 3.06. The highest BCUT2D eigenvalue weighted by Gasteiger charge is 2.36. The maximum absolute atomic E-state index is 13.1. The molecular formula is C10H8F4N2O2S. The van der Waals surface area contributed by atoms with Gasteiger partial charge in [0.15, 0.2) is 5.37 Å². The van der Waals surface area contributed by atoms with Gasteiger partial charge in [-0.1, -0.05) is 4.48 Å². The van der Waals surface area contributed by atoms with Crippen LogP contribution in [-0.2, 0) is 16.0 Å². The van der Waals surface area contributed by atoms with Gasteiger partial charge >= 0.3 is 6.18 Å². The smallest absolute Gasteiger partial charge is 0.221 e. The number of hydrogen-bond acceptors (Lipinski definition) is 4. The molecule has 0 bridgehead atoms. The molecule has 9 heteroatoms. The second-order valence-electron chi connectivity index (χ2n) is 3.84. The van der Waals surface area contributed by atoms with Crippen LogP contribution in [0.1, 0.15) is 12.0 Å². The van der Waals surface area contributed by atoms with E-state index in [4.69, 9.17) is 0 Å². The highest BCUT2D eigenvalue weighted by molar-refractivity contribution is 7.92. The Morgan fingerprint density at radius 1 is 1.21 bits per heavy atom. The number of hydrazone groups is 1. The van der Waals surface area contributed by atoms with Crippen LogP contribution in [0.3, 0.4) is 0 Å². The average molecular weight is 296 g/mol. The number of hydrogen-bond donors (Lipinski definition) is 0. The first-order valence-electron chi connectivity index (χ1n) is 5.11. The van der Waals surface area contributed by atoms with Gasteiger partial charge in [-0.05, 0) is 24.3 Å². The van der Waals surface area contributed by atoms with Crippen molar-refractivity contribution in [3.8, 4) is 0 Å². The Morgan fingerprint density at radius 2 is 1.79 bits per heavy atom. The van der Waals surface area contributed by atoms with E-state index < -0.39 is 27.0 Å². The van der Waals surface area contributed by atoms with Crippen LogP contribution in [0, 0.1) is 0 Å². The molecule has 0 fully saturated rings. The topological polar surface area (TPSA) is 49.7 Å². The van der Waals surface area contributed by atoms with E-state index in [0.717, 1.165) is 18.3 Å². The summed E-state index contributed by atoms with van der Waals surface area (Å²) in [6.07, 6.45) is -3.61. The van der Waals surface area contributed by atoms with Crippen LogP contribution in [0.4, 0.5) is 17.7 Å². The molecule has 1 aliphatic heterocycles. The molecule has 1 heterocycles. The Bertz CT molecular complexity index is 595. The SMILES string of the molecule is O=S(=O)(c1ccc(C(F)(F)F)cc1)C1CC=NN1F. The molecule has 1 unspecified atom stereocenters. The van der Waals surface area contributed by atoms with Gasteiger partial charge < -0.3 is 0 Å². The van der Waals surface area contributed by atoms with E-state index in [-0.39, 0.29) is 16.5 Å². The van der Waals surface area contributed by atoms with Crippen molar-refractivity contribution in [1.82, 2.24) is 5.23 Å². The molecule has 0 saturated carbocycles. The summed E-state index contributed by atoms with van der Waals surface area (Å²) in [5.74, 6) is 0. The number of rotatable bonds is 2. The lowest BCUT2D eigenvalue weighted by molar-refractivity contribution is -0.137. The summed E-state index contributed by atoms with van der Waals surface area (Å²) in [6, 6.07) is 2.91. The molecule has 0 radical (unpaired) electrons.